The van der Waals surface area contributed by atoms with Crippen LogP contribution in [0.5, 0.6) is 0 Å². The molecule has 0 bridgehead atoms. The van der Waals surface area contributed by atoms with Crippen molar-refractivity contribution in [2.45, 2.75) is 56.6 Å². The van der Waals surface area contributed by atoms with Crippen LogP contribution in [0.1, 0.15) is 37.2 Å². The highest BCUT2D eigenvalue weighted by molar-refractivity contribution is 8.55. The SMILES string of the molecule is [2H]C[C@H]1O[C@H]([3H])C[C@@H]1O[P@@]1(=O)OCC[C@H]([C@H]2O[C@H]([3H])C[C@@H]2C)S1. The molecule has 0 aliphatic carbocycles. The average molecular weight is 327 g/mol. The van der Waals surface area contributed by atoms with Gasteiger partial charge in [0, 0.05) is 26.2 Å². The molecule has 3 saturated heterocycles. The van der Waals surface area contributed by atoms with Gasteiger partial charge in [-0.05, 0) is 37.0 Å². The average Bonchev–Trinajstić information content (AvgIpc) is 3.00. The molecule has 3 heterocycles. The van der Waals surface area contributed by atoms with Crippen LogP contribution in [-0.4, -0.2) is 43.3 Å². The molecule has 5 nitrogen and oxygen atoms in total. The molecule has 3 aliphatic rings. The minimum Gasteiger partial charge on any atom is -0.377 e. The Labute approximate surface area is 128 Å². The van der Waals surface area contributed by atoms with Crippen LogP contribution in [0.4, 0.5) is 0 Å². The Kier molecular flexibility index (Phi) is 3.74. The first-order valence-corrected chi connectivity index (χ1v) is 9.99. The van der Waals surface area contributed by atoms with Crippen molar-refractivity contribution >= 4 is 18.2 Å². The maximum atomic E-state index is 13.0. The van der Waals surface area contributed by atoms with Crippen LogP contribution in [0.2, 0.25) is 0 Å². The van der Waals surface area contributed by atoms with Crippen molar-refractivity contribution in [1.82, 2.24) is 0 Å². The second kappa shape index (κ2) is 6.27. The molecule has 0 saturated carbocycles. The fourth-order valence-electron chi connectivity index (χ4n) is 2.64. The first-order valence-electron chi connectivity index (χ1n) is 8.82. The van der Waals surface area contributed by atoms with E-state index in [9.17, 15) is 4.57 Å². The maximum absolute atomic E-state index is 13.0. The van der Waals surface area contributed by atoms with Gasteiger partial charge in [0.2, 0.25) is 0 Å². The smallest absolute Gasteiger partial charge is 0.377 e. The Bertz CT molecular complexity index is 473. The molecule has 0 spiro atoms. The quantitative estimate of drug-likeness (QED) is 0.742. The summed E-state index contributed by atoms with van der Waals surface area (Å²) >= 11 is 1.16. The molecule has 0 radical (unpaired) electrons. The van der Waals surface area contributed by atoms with E-state index < -0.39 is 32.2 Å². The Morgan fingerprint density at radius 1 is 1.40 bits per heavy atom. The number of rotatable bonds is 3. The van der Waals surface area contributed by atoms with Crippen molar-refractivity contribution < 1.29 is 27.2 Å². The Hall–Kier alpha value is 0.420. The lowest BCUT2D eigenvalue weighted by atomic mass is 10.00. The molecule has 20 heavy (non-hydrogen) atoms. The van der Waals surface area contributed by atoms with Crippen molar-refractivity contribution in [3.63, 3.8) is 0 Å². The van der Waals surface area contributed by atoms with E-state index in [1.807, 2.05) is 6.92 Å². The van der Waals surface area contributed by atoms with Crippen LogP contribution in [0.15, 0.2) is 0 Å². The minimum absolute atomic E-state index is 0.0245. The fourth-order valence-corrected chi connectivity index (χ4v) is 7.24. The third-order valence-corrected chi connectivity index (χ3v) is 8.07. The molecule has 116 valence electrons. The lowest BCUT2D eigenvalue weighted by Crippen LogP contribution is -2.31. The van der Waals surface area contributed by atoms with Gasteiger partial charge < -0.3 is 14.0 Å². The largest absolute Gasteiger partial charge is 0.389 e. The first kappa shape index (κ1) is 11.9. The molecular formula is C13H23O5PS. The summed E-state index contributed by atoms with van der Waals surface area (Å²) in [5.41, 5.74) is 0. The molecule has 0 amide bonds. The molecule has 8 atom stereocenters. The highest BCUT2D eigenvalue weighted by Gasteiger charge is 2.44. The third kappa shape index (κ3) is 3.26. The van der Waals surface area contributed by atoms with Crippen LogP contribution in [-0.2, 0) is 23.1 Å². The second-order valence-electron chi connectivity index (χ2n) is 5.41. The summed E-state index contributed by atoms with van der Waals surface area (Å²) < 4.78 is 57.9. The Morgan fingerprint density at radius 2 is 2.25 bits per heavy atom. The first-order chi connectivity index (χ1) is 10.9. The summed E-state index contributed by atoms with van der Waals surface area (Å²) in [5, 5.41) is -0.0245. The molecule has 0 unspecified atom stereocenters. The molecule has 0 aromatic heterocycles. The van der Waals surface area contributed by atoms with E-state index in [2.05, 4.69) is 0 Å². The lowest BCUT2D eigenvalue weighted by molar-refractivity contribution is 0.0560. The van der Waals surface area contributed by atoms with E-state index in [1.54, 1.807) is 0 Å². The molecule has 7 heteroatoms. The lowest BCUT2D eigenvalue weighted by Gasteiger charge is -2.34. The minimum atomic E-state index is -3.37. The summed E-state index contributed by atoms with van der Waals surface area (Å²) in [4.78, 5) is 0. The highest BCUT2D eigenvalue weighted by atomic mass is 32.7. The van der Waals surface area contributed by atoms with Gasteiger partial charge >= 0.3 is 6.80 Å². The predicted molar refractivity (Wildman–Crippen MR) is 78.0 cm³/mol. The molecule has 3 aliphatic heterocycles. The summed E-state index contributed by atoms with van der Waals surface area (Å²) in [6.45, 7) is -2.28. The predicted octanol–water partition coefficient (Wildman–Crippen LogP) is 3.24. The van der Waals surface area contributed by atoms with Gasteiger partial charge in [0.15, 0.2) is 0 Å². The standard InChI is InChI=1S/C13H23O5PS/c1-9-3-6-16-13(9)12-5-8-17-19(14,20-12)18-11-4-7-15-10(11)2/h9-13H,3-8H2,1-2H3/t9-,10+,11-,12+,13-,19+/m0/s1/i2D,6T,7T/t6-,7-,9+,10-,11+,12-,13+,19-/m1. The van der Waals surface area contributed by atoms with Crippen LogP contribution < -0.4 is 0 Å². The zero-order valence-corrected chi connectivity index (χ0v) is 13.2. The molecule has 3 rings (SSSR count). The van der Waals surface area contributed by atoms with Crippen LogP contribution in [0.3, 0.4) is 0 Å². The van der Waals surface area contributed by atoms with Crippen LogP contribution in [0.25, 0.3) is 0 Å². The monoisotopic (exact) mass is 327 g/mol. The highest BCUT2D eigenvalue weighted by Crippen LogP contribution is 2.67. The fraction of sp³-hybridized carbons (Fsp3) is 1.00. The third-order valence-electron chi connectivity index (χ3n) is 3.84. The Morgan fingerprint density at radius 3 is 3.00 bits per heavy atom. The Balaban J connectivity index is 1.64. The number of ether oxygens (including phenoxy) is 2. The van der Waals surface area contributed by atoms with Crippen molar-refractivity contribution in [2.75, 3.05) is 19.8 Å². The van der Waals surface area contributed by atoms with Gasteiger partial charge in [-0.3, -0.25) is 4.52 Å². The maximum Gasteiger partial charge on any atom is 0.389 e. The molecule has 3 fully saturated rings. The summed E-state index contributed by atoms with van der Waals surface area (Å²) in [5.74, 6) is 0.245. The van der Waals surface area contributed by atoms with Gasteiger partial charge in [-0.1, -0.05) is 6.92 Å². The van der Waals surface area contributed by atoms with E-state index in [-0.39, 0.29) is 24.2 Å². The summed E-state index contributed by atoms with van der Waals surface area (Å²) in [7, 11) is 0. The topological polar surface area (TPSA) is 54.0 Å². The van der Waals surface area contributed by atoms with Gasteiger partial charge in [0.25, 0.3) is 0 Å². The van der Waals surface area contributed by atoms with Crippen molar-refractivity contribution in [1.29, 1.82) is 0 Å². The second-order valence-corrected chi connectivity index (χ2v) is 9.57. The number of hydrogen-bond acceptors (Lipinski definition) is 6. The molecule has 0 N–H and O–H groups in total. The normalized spacial score (nSPS) is 59.0. The van der Waals surface area contributed by atoms with Crippen LogP contribution >= 0.6 is 18.2 Å². The molecule has 0 aromatic carbocycles. The van der Waals surface area contributed by atoms with E-state index in [0.717, 1.165) is 11.4 Å². The zero-order chi connectivity index (χ0) is 16.6. The van der Waals surface area contributed by atoms with Crippen molar-refractivity contribution in [3.8, 4) is 0 Å². The van der Waals surface area contributed by atoms with E-state index >= 15 is 0 Å². The van der Waals surface area contributed by atoms with Crippen LogP contribution in [0, 0.1) is 5.92 Å². The zero-order valence-electron chi connectivity index (χ0n) is 14.5. The van der Waals surface area contributed by atoms with Gasteiger partial charge in [-0.25, -0.2) is 4.57 Å². The number of hydrogen-bond donors (Lipinski definition) is 0. The van der Waals surface area contributed by atoms with Gasteiger partial charge in [0.1, 0.15) is 0 Å². The molecule has 0 aromatic rings. The molecular weight excluding hydrogens is 299 g/mol. The van der Waals surface area contributed by atoms with Gasteiger partial charge in [-0.2, -0.15) is 0 Å². The van der Waals surface area contributed by atoms with E-state index in [0.29, 0.717) is 25.9 Å². The van der Waals surface area contributed by atoms with Crippen molar-refractivity contribution in [3.05, 3.63) is 0 Å². The van der Waals surface area contributed by atoms with E-state index in [1.165, 1.54) is 0 Å². The summed E-state index contributed by atoms with van der Waals surface area (Å²) in [6, 6.07) is 0. The van der Waals surface area contributed by atoms with Gasteiger partial charge in [-0.15, -0.1) is 0 Å². The van der Waals surface area contributed by atoms with Crippen molar-refractivity contribution in [2.24, 2.45) is 5.92 Å². The van der Waals surface area contributed by atoms with E-state index in [4.69, 9.17) is 22.6 Å². The van der Waals surface area contributed by atoms with Gasteiger partial charge in [0.05, 0.1) is 27.7 Å². The summed E-state index contributed by atoms with van der Waals surface area (Å²) in [6.07, 6.45) is 0.507.